The third-order valence-electron chi connectivity index (χ3n) is 4.75. The van der Waals surface area contributed by atoms with Gasteiger partial charge in [-0.3, -0.25) is 0 Å². The molecule has 0 amide bonds. The number of aryl methyl sites for hydroxylation is 2. The van der Waals surface area contributed by atoms with E-state index in [1.807, 2.05) is 22.9 Å². The molecule has 0 fully saturated rings. The van der Waals surface area contributed by atoms with E-state index < -0.39 is 5.97 Å². The van der Waals surface area contributed by atoms with E-state index >= 15 is 0 Å². The maximum Gasteiger partial charge on any atom is 0.335 e. The fourth-order valence-electron chi connectivity index (χ4n) is 3.21. The number of hydrogen-bond donors (Lipinski definition) is 1. The van der Waals surface area contributed by atoms with Crippen molar-refractivity contribution in [2.24, 2.45) is 0 Å². The van der Waals surface area contributed by atoms with Gasteiger partial charge >= 0.3 is 5.97 Å². The lowest BCUT2D eigenvalue weighted by molar-refractivity contribution is 0.0697. The van der Waals surface area contributed by atoms with Crippen LogP contribution in [0.5, 0.6) is 0 Å². The Hall–Kier alpha value is -2.95. The first-order valence-corrected chi connectivity index (χ1v) is 9.96. The van der Waals surface area contributed by atoms with Crippen LogP contribution in [0.25, 0.3) is 11.1 Å². The molecule has 146 valence electrons. The lowest BCUT2D eigenvalue weighted by Crippen LogP contribution is -2.07. The van der Waals surface area contributed by atoms with Gasteiger partial charge in [-0.05, 0) is 41.7 Å². The summed E-state index contributed by atoms with van der Waals surface area (Å²) in [5, 5.41) is 13.9. The summed E-state index contributed by atoms with van der Waals surface area (Å²) in [6.45, 7) is 5.03. The van der Waals surface area contributed by atoms with Crippen LogP contribution in [0.4, 0.5) is 0 Å². The zero-order valence-electron chi connectivity index (χ0n) is 16.6. The molecule has 0 radical (unpaired) electrons. The Morgan fingerprint density at radius 3 is 2.46 bits per heavy atom. The average molecular weight is 377 g/mol. The molecule has 28 heavy (non-hydrogen) atoms. The molecule has 0 aliphatic heterocycles. The standard InChI is InChI=1S/C23H27N3O2/c1-3-5-10-21-24-22(7-4-2)26(25-21)16-17-11-13-18(14-12-17)19-8-6-9-20(15-19)23(27)28/h6,8-9,11-15H,3-5,7,10,16H2,1-2H3,(H,27,28). The van der Waals surface area contributed by atoms with Crippen molar-refractivity contribution in [2.45, 2.75) is 52.5 Å². The molecule has 0 unspecified atom stereocenters. The number of rotatable bonds is 9. The maximum absolute atomic E-state index is 11.2. The average Bonchev–Trinajstić information content (AvgIpc) is 3.08. The zero-order valence-corrected chi connectivity index (χ0v) is 16.6. The summed E-state index contributed by atoms with van der Waals surface area (Å²) in [7, 11) is 0. The Kier molecular flexibility index (Phi) is 6.58. The highest BCUT2D eigenvalue weighted by molar-refractivity contribution is 5.89. The molecule has 1 aromatic heterocycles. The first-order valence-electron chi connectivity index (χ1n) is 9.96. The number of aromatic nitrogens is 3. The molecule has 0 bridgehead atoms. The molecule has 0 spiro atoms. The Labute approximate surface area is 166 Å². The highest BCUT2D eigenvalue weighted by atomic mass is 16.4. The van der Waals surface area contributed by atoms with Gasteiger partial charge in [0.2, 0.25) is 0 Å². The van der Waals surface area contributed by atoms with Crippen LogP contribution in [-0.4, -0.2) is 25.8 Å². The predicted molar refractivity (Wildman–Crippen MR) is 111 cm³/mol. The number of unbranched alkanes of at least 4 members (excludes halogenated alkanes) is 1. The maximum atomic E-state index is 11.2. The van der Waals surface area contributed by atoms with E-state index in [0.717, 1.165) is 60.4 Å². The molecule has 2 aromatic carbocycles. The lowest BCUT2D eigenvalue weighted by atomic mass is 10.0. The van der Waals surface area contributed by atoms with Crippen LogP contribution in [0.2, 0.25) is 0 Å². The minimum Gasteiger partial charge on any atom is -0.478 e. The van der Waals surface area contributed by atoms with Crippen LogP contribution >= 0.6 is 0 Å². The van der Waals surface area contributed by atoms with E-state index in [4.69, 9.17) is 10.1 Å². The molecule has 3 aromatic rings. The van der Waals surface area contributed by atoms with Crippen molar-refractivity contribution in [3.05, 3.63) is 71.3 Å². The molecule has 0 saturated heterocycles. The Morgan fingerprint density at radius 1 is 1.00 bits per heavy atom. The molecule has 1 N–H and O–H groups in total. The Morgan fingerprint density at radius 2 is 1.79 bits per heavy atom. The van der Waals surface area contributed by atoms with Crippen molar-refractivity contribution in [1.29, 1.82) is 0 Å². The van der Waals surface area contributed by atoms with Crippen LogP contribution in [-0.2, 0) is 19.4 Å². The number of nitrogens with zero attached hydrogens (tertiary/aromatic N) is 3. The highest BCUT2D eigenvalue weighted by Gasteiger charge is 2.10. The van der Waals surface area contributed by atoms with Crippen LogP contribution < -0.4 is 0 Å². The molecule has 0 saturated carbocycles. The normalized spacial score (nSPS) is 10.9. The van der Waals surface area contributed by atoms with E-state index in [0.29, 0.717) is 12.1 Å². The van der Waals surface area contributed by atoms with Gasteiger partial charge in [0.05, 0.1) is 12.1 Å². The molecule has 5 nitrogen and oxygen atoms in total. The third kappa shape index (κ3) is 4.85. The summed E-state index contributed by atoms with van der Waals surface area (Å²) in [4.78, 5) is 15.9. The summed E-state index contributed by atoms with van der Waals surface area (Å²) in [5.41, 5.74) is 3.36. The van der Waals surface area contributed by atoms with Gasteiger partial charge in [-0.1, -0.05) is 56.7 Å². The monoisotopic (exact) mass is 377 g/mol. The van der Waals surface area contributed by atoms with Crippen molar-refractivity contribution in [1.82, 2.24) is 14.8 Å². The van der Waals surface area contributed by atoms with Gasteiger partial charge in [-0.15, -0.1) is 0 Å². The molecule has 0 atom stereocenters. The fourth-order valence-corrected chi connectivity index (χ4v) is 3.21. The van der Waals surface area contributed by atoms with Gasteiger partial charge in [0, 0.05) is 12.8 Å². The second kappa shape index (κ2) is 9.31. The number of carboxylic acid groups (broad SMARTS) is 1. The fraction of sp³-hybridized carbons (Fsp3) is 0.348. The van der Waals surface area contributed by atoms with Gasteiger partial charge in [0.15, 0.2) is 5.82 Å². The Bertz CT molecular complexity index is 929. The van der Waals surface area contributed by atoms with Crippen LogP contribution in [0.15, 0.2) is 48.5 Å². The van der Waals surface area contributed by atoms with Gasteiger partial charge in [0.1, 0.15) is 5.82 Å². The molecule has 0 aliphatic carbocycles. The number of carbonyl (C=O) groups is 1. The number of aromatic carboxylic acids is 1. The minimum absolute atomic E-state index is 0.299. The number of benzene rings is 2. The van der Waals surface area contributed by atoms with Crippen LogP contribution in [0.3, 0.4) is 0 Å². The smallest absolute Gasteiger partial charge is 0.335 e. The number of carboxylic acids is 1. The first kappa shape index (κ1) is 19.8. The molecular formula is C23H27N3O2. The number of hydrogen-bond acceptors (Lipinski definition) is 3. The SMILES string of the molecule is CCCCc1nc(CCC)n(Cc2ccc(-c3cccc(C(=O)O)c3)cc2)n1. The Balaban J connectivity index is 1.78. The molecular weight excluding hydrogens is 350 g/mol. The van der Waals surface area contributed by atoms with E-state index in [2.05, 4.69) is 26.0 Å². The highest BCUT2D eigenvalue weighted by Crippen LogP contribution is 2.21. The van der Waals surface area contributed by atoms with E-state index in [1.54, 1.807) is 18.2 Å². The van der Waals surface area contributed by atoms with Crippen molar-refractivity contribution in [3.63, 3.8) is 0 Å². The van der Waals surface area contributed by atoms with E-state index in [1.165, 1.54) is 0 Å². The summed E-state index contributed by atoms with van der Waals surface area (Å²) in [6.07, 6.45) is 5.16. The second-order valence-corrected chi connectivity index (χ2v) is 7.04. The predicted octanol–water partition coefficient (Wildman–Crippen LogP) is 4.99. The zero-order chi connectivity index (χ0) is 19.9. The summed E-state index contributed by atoms with van der Waals surface area (Å²) < 4.78 is 2.02. The summed E-state index contributed by atoms with van der Waals surface area (Å²) in [5.74, 6) is 1.08. The van der Waals surface area contributed by atoms with Crippen molar-refractivity contribution < 1.29 is 9.90 Å². The quantitative estimate of drug-likeness (QED) is 0.571. The van der Waals surface area contributed by atoms with E-state index in [9.17, 15) is 9.90 Å². The molecule has 0 aliphatic rings. The largest absolute Gasteiger partial charge is 0.478 e. The van der Waals surface area contributed by atoms with Gasteiger partial charge in [0.25, 0.3) is 0 Å². The molecule has 3 rings (SSSR count). The van der Waals surface area contributed by atoms with Gasteiger partial charge < -0.3 is 5.11 Å². The first-order chi connectivity index (χ1) is 13.6. The van der Waals surface area contributed by atoms with Crippen molar-refractivity contribution in [2.75, 3.05) is 0 Å². The second-order valence-electron chi connectivity index (χ2n) is 7.04. The van der Waals surface area contributed by atoms with Crippen molar-refractivity contribution >= 4 is 5.97 Å². The topological polar surface area (TPSA) is 68.0 Å². The van der Waals surface area contributed by atoms with Crippen LogP contribution in [0.1, 0.15) is 60.7 Å². The van der Waals surface area contributed by atoms with E-state index in [-0.39, 0.29) is 0 Å². The van der Waals surface area contributed by atoms with Crippen LogP contribution in [0, 0.1) is 0 Å². The summed E-state index contributed by atoms with van der Waals surface area (Å²) in [6, 6.07) is 15.2. The molecule has 1 heterocycles. The molecule has 5 heteroatoms. The van der Waals surface area contributed by atoms with Crippen molar-refractivity contribution in [3.8, 4) is 11.1 Å². The third-order valence-corrected chi connectivity index (χ3v) is 4.75. The minimum atomic E-state index is -0.910. The van der Waals surface area contributed by atoms with Gasteiger partial charge in [-0.2, -0.15) is 5.10 Å². The lowest BCUT2D eigenvalue weighted by Gasteiger charge is -2.08. The summed E-state index contributed by atoms with van der Waals surface area (Å²) >= 11 is 0. The van der Waals surface area contributed by atoms with Gasteiger partial charge in [-0.25, -0.2) is 14.5 Å².